The lowest BCUT2D eigenvalue weighted by Gasteiger charge is -2.09. The number of nitrogens with zero attached hydrogens (tertiary/aromatic N) is 2. The standard InChI is InChI=1S/C12H10Br2N2O5/c1-16-11(17)9(13)10(15-12(16)21-14(18)19)20-7-8-5-3-2-4-6-8/h2-6H,7H2,1H3. The van der Waals surface area contributed by atoms with Gasteiger partial charge in [-0.25, -0.2) is 0 Å². The predicted octanol–water partition coefficient (Wildman–Crippen LogP) is -0.413. The van der Waals surface area contributed by atoms with Gasteiger partial charge in [-0.2, -0.15) is 4.98 Å². The van der Waals surface area contributed by atoms with Crippen molar-refractivity contribution in [1.29, 1.82) is 0 Å². The molecule has 0 aliphatic carbocycles. The van der Waals surface area contributed by atoms with Gasteiger partial charge >= 0.3 is 20.8 Å². The summed E-state index contributed by atoms with van der Waals surface area (Å²) in [5.41, 5.74) is 0.374. The van der Waals surface area contributed by atoms with E-state index in [1.807, 2.05) is 30.3 Å². The van der Waals surface area contributed by atoms with E-state index in [2.05, 4.69) is 24.7 Å². The fourth-order valence-corrected chi connectivity index (χ4v) is 2.48. The zero-order valence-electron chi connectivity index (χ0n) is 10.8. The largest absolute Gasteiger partial charge is 0.506 e. The van der Waals surface area contributed by atoms with Crippen molar-refractivity contribution in [2.45, 2.75) is 6.61 Å². The minimum Gasteiger partial charge on any atom is -0.472 e. The molecule has 0 fully saturated rings. The van der Waals surface area contributed by atoms with Crippen molar-refractivity contribution in [2.75, 3.05) is 0 Å². The third-order valence-electron chi connectivity index (χ3n) is 2.51. The molecule has 0 spiro atoms. The van der Waals surface area contributed by atoms with E-state index in [1.165, 1.54) is 7.05 Å². The number of ether oxygens (including phenoxy) is 1. The van der Waals surface area contributed by atoms with Crippen molar-refractivity contribution in [3.63, 3.8) is 0 Å². The zero-order valence-corrected chi connectivity index (χ0v) is 14.0. The fourth-order valence-electron chi connectivity index (χ4n) is 1.48. The molecule has 9 heteroatoms. The Bertz CT molecular complexity index is 675. The second-order valence-corrected chi connectivity index (χ2v) is 5.83. The van der Waals surface area contributed by atoms with Gasteiger partial charge in [-0.15, -0.1) is 0 Å². The normalized spacial score (nSPS) is 10.7. The first-order valence-electron chi connectivity index (χ1n) is 5.66. The zero-order chi connectivity index (χ0) is 15.4. The molecule has 112 valence electrons. The molecular weight excluding hydrogens is 412 g/mol. The quantitative estimate of drug-likeness (QED) is 0.650. The number of benzene rings is 1. The van der Waals surface area contributed by atoms with Crippen LogP contribution in [0.1, 0.15) is 5.56 Å². The van der Waals surface area contributed by atoms with Gasteiger partial charge in [-0.05, 0) is 21.5 Å². The Hall–Kier alpha value is -1.42. The van der Waals surface area contributed by atoms with Gasteiger partial charge in [-0.1, -0.05) is 34.2 Å². The summed E-state index contributed by atoms with van der Waals surface area (Å²) in [6.45, 7) is 0.186. The maximum Gasteiger partial charge on any atom is 0.506 e. The summed E-state index contributed by atoms with van der Waals surface area (Å²) in [5.74, 6) is -0.0272. The summed E-state index contributed by atoms with van der Waals surface area (Å²) in [5, 5.41) is 0. The van der Waals surface area contributed by atoms with Gasteiger partial charge in [0.2, 0.25) is 5.88 Å². The molecule has 21 heavy (non-hydrogen) atoms. The lowest BCUT2D eigenvalue weighted by atomic mass is 10.2. The fraction of sp³-hybridized carbons (Fsp3) is 0.167. The number of hydrogen-bond acceptors (Lipinski definition) is 6. The van der Waals surface area contributed by atoms with E-state index in [4.69, 9.17) is 4.74 Å². The number of hydrogen-bond donors (Lipinski definition) is 0. The number of rotatable bonds is 5. The third-order valence-corrected chi connectivity index (χ3v) is 3.75. The monoisotopic (exact) mass is 420 g/mol. The van der Waals surface area contributed by atoms with Gasteiger partial charge in [0.15, 0.2) is 0 Å². The van der Waals surface area contributed by atoms with Crippen LogP contribution in [0.5, 0.6) is 11.9 Å². The van der Waals surface area contributed by atoms with Crippen molar-refractivity contribution in [1.82, 2.24) is 9.55 Å². The molecule has 0 unspecified atom stereocenters. The molecular formula is C12H10Br2N2O5. The summed E-state index contributed by atoms with van der Waals surface area (Å²) in [4.78, 5) is 15.8. The Labute approximate surface area is 133 Å². The highest BCUT2D eigenvalue weighted by atomic mass is 80.0. The highest BCUT2D eigenvalue weighted by Crippen LogP contribution is 2.22. The summed E-state index contributed by atoms with van der Waals surface area (Å²) in [6, 6.07) is 8.93. The van der Waals surface area contributed by atoms with Gasteiger partial charge in [0.1, 0.15) is 11.1 Å². The van der Waals surface area contributed by atoms with Crippen molar-refractivity contribution < 1.29 is 31.8 Å². The molecule has 1 aromatic carbocycles. The molecule has 0 aliphatic rings. The number of halogens is 2. The second-order valence-electron chi connectivity index (χ2n) is 3.92. The molecule has 0 radical (unpaired) electrons. The van der Waals surface area contributed by atoms with Gasteiger partial charge < -0.3 is 13.1 Å². The Kier molecular flexibility index (Phi) is 5.34. The van der Waals surface area contributed by atoms with Gasteiger partial charge in [0.25, 0.3) is 5.56 Å². The highest BCUT2D eigenvalue weighted by Gasteiger charge is 2.23. The van der Waals surface area contributed by atoms with E-state index >= 15 is 0 Å². The molecule has 0 amide bonds. The van der Waals surface area contributed by atoms with E-state index in [9.17, 15) is 13.2 Å². The molecule has 0 saturated heterocycles. The Balaban J connectivity index is 2.26. The molecule has 7 nitrogen and oxygen atoms in total. The van der Waals surface area contributed by atoms with Crippen LogP contribution in [0.2, 0.25) is 0 Å². The highest BCUT2D eigenvalue weighted by molar-refractivity contribution is 9.10. The van der Waals surface area contributed by atoms with E-state index in [0.29, 0.717) is 0 Å². The summed E-state index contributed by atoms with van der Waals surface area (Å²) in [7, 11) is 1.35. The maximum atomic E-state index is 11.9. The minimum absolute atomic E-state index is 0.0272. The van der Waals surface area contributed by atoms with Crippen molar-refractivity contribution in [3.05, 3.63) is 50.7 Å². The summed E-state index contributed by atoms with van der Waals surface area (Å²) < 4.78 is 32.3. The van der Waals surface area contributed by atoms with Crippen molar-refractivity contribution in [2.24, 2.45) is 7.05 Å². The van der Waals surface area contributed by atoms with Gasteiger partial charge in [0.05, 0.1) is 0 Å². The molecule has 2 aromatic rings. The molecule has 0 atom stereocenters. The van der Waals surface area contributed by atoms with Crippen LogP contribution in [-0.2, 0) is 13.7 Å². The summed E-state index contributed by atoms with van der Waals surface area (Å²) >= 11 is -0.455. The van der Waals surface area contributed by atoms with Crippen molar-refractivity contribution >= 4 is 15.9 Å². The summed E-state index contributed by atoms with van der Waals surface area (Å²) in [6.07, 6.45) is 0. The van der Waals surface area contributed by atoms with E-state index in [1.54, 1.807) is 0 Å². The molecule has 0 N–H and O–H groups in total. The van der Waals surface area contributed by atoms with Crippen LogP contribution >= 0.6 is 15.9 Å². The van der Waals surface area contributed by atoms with E-state index in [0.717, 1.165) is 10.1 Å². The average Bonchev–Trinajstić information content (AvgIpc) is 2.47. The first-order valence-corrected chi connectivity index (χ1v) is 8.39. The lowest BCUT2D eigenvalue weighted by Crippen LogP contribution is -2.38. The molecule has 1 heterocycles. The topological polar surface area (TPSA) is 99.5 Å². The van der Waals surface area contributed by atoms with Crippen LogP contribution in [0.25, 0.3) is 0 Å². The van der Waals surface area contributed by atoms with Crippen LogP contribution in [-0.4, -0.2) is 9.55 Å². The van der Waals surface area contributed by atoms with Crippen LogP contribution in [0.4, 0.5) is 0 Å². The van der Waals surface area contributed by atoms with Gasteiger partial charge in [0, 0.05) is 7.05 Å². The van der Waals surface area contributed by atoms with Crippen LogP contribution in [0, 0.1) is 14.8 Å². The van der Waals surface area contributed by atoms with E-state index in [-0.39, 0.29) is 23.0 Å². The Morgan fingerprint density at radius 2 is 2.00 bits per heavy atom. The number of aromatic nitrogens is 2. The van der Waals surface area contributed by atoms with E-state index < -0.39 is 20.4 Å². The molecule has 0 aliphatic heterocycles. The van der Waals surface area contributed by atoms with Crippen molar-refractivity contribution in [3.8, 4) is 11.9 Å². The third kappa shape index (κ3) is 4.03. The SMILES string of the molecule is Cn1c(O[Br+2]([O-])[O-])nc(OCc2ccccc2)c(Br)c1=O. The Morgan fingerprint density at radius 1 is 1.33 bits per heavy atom. The molecule has 0 saturated carbocycles. The maximum absolute atomic E-state index is 11.9. The smallest absolute Gasteiger partial charge is 0.472 e. The predicted molar refractivity (Wildman–Crippen MR) is 68.6 cm³/mol. The van der Waals surface area contributed by atoms with Crippen LogP contribution < -0.4 is 22.5 Å². The molecule has 2 rings (SSSR count). The minimum atomic E-state index is -3.54. The molecule has 1 aromatic heterocycles. The first-order chi connectivity index (χ1) is 9.99. The average molecular weight is 422 g/mol. The van der Waals surface area contributed by atoms with Gasteiger partial charge in [-0.3, -0.25) is 9.36 Å². The first kappa shape index (κ1) is 16.0. The Morgan fingerprint density at radius 3 is 2.62 bits per heavy atom. The van der Waals surface area contributed by atoms with Crippen LogP contribution in [0.15, 0.2) is 39.6 Å². The molecule has 0 bridgehead atoms. The lowest BCUT2D eigenvalue weighted by molar-refractivity contribution is -1.62. The van der Waals surface area contributed by atoms with Crippen LogP contribution in [0.3, 0.4) is 0 Å². The second kappa shape index (κ2) is 7.03.